The van der Waals surface area contributed by atoms with E-state index in [1.54, 1.807) is 12.1 Å². The van der Waals surface area contributed by atoms with Crippen LogP contribution in [0.15, 0.2) is 18.2 Å². The highest BCUT2D eigenvalue weighted by atomic mass is 19.3. The number of imidazole rings is 1. The van der Waals surface area contributed by atoms with Crippen molar-refractivity contribution in [3.63, 3.8) is 0 Å². The molecule has 2 N–H and O–H groups in total. The van der Waals surface area contributed by atoms with Gasteiger partial charge in [-0.2, -0.15) is 8.78 Å². The van der Waals surface area contributed by atoms with Gasteiger partial charge in [-0.25, -0.2) is 4.98 Å². The van der Waals surface area contributed by atoms with E-state index in [4.69, 9.17) is 11.2 Å². The van der Waals surface area contributed by atoms with Crippen LogP contribution in [0.3, 0.4) is 0 Å². The van der Waals surface area contributed by atoms with Gasteiger partial charge in [0, 0.05) is 13.0 Å². The van der Waals surface area contributed by atoms with Crippen LogP contribution in [0.5, 0.6) is 5.75 Å². The Morgan fingerprint density at radius 1 is 1.36 bits per heavy atom. The fraction of sp³-hybridized carbons (Fsp3) is 0.571. The van der Waals surface area contributed by atoms with E-state index < -0.39 is 18.1 Å². The minimum atomic E-state index is -3.03. The molecule has 1 fully saturated rings. The molecule has 0 bridgehead atoms. The Hall–Kier alpha value is -2.92. The topological polar surface area (TPSA) is 76.4 Å². The van der Waals surface area contributed by atoms with Gasteiger partial charge in [0.05, 0.1) is 11.3 Å². The number of benzene rings is 1. The van der Waals surface area contributed by atoms with E-state index in [1.165, 1.54) is 4.57 Å². The van der Waals surface area contributed by atoms with Gasteiger partial charge < -0.3 is 15.2 Å². The highest BCUT2D eigenvalue weighted by Crippen LogP contribution is 2.33. The van der Waals surface area contributed by atoms with Gasteiger partial charge in [-0.3, -0.25) is 9.36 Å². The SMILES string of the molecule is C#Cc1c(C(=O)NCC2(O)CCC(C)CC2)nc(CC)n1-c1ccc(CC(C)(C)C)cc1OC(F)F. The number of aryl methyl sites for hydroxylation is 1. The largest absolute Gasteiger partial charge is 0.433 e. The van der Waals surface area contributed by atoms with Crippen LogP contribution in [0, 0.1) is 23.7 Å². The highest BCUT2D eigenvalue weighted by molar-refractivity contribution is 5.95. The standard InChI is InChI=1S/C28H37F2N3O3/c1-7-20-24(25(34)31-17-28(35)13-11-18(3)12-14-28)32-23(8-2)33(20)21-10-9-19(16-27(4,5)6)15-22(21)36-26(29)30/h1,9-10,15,18,26,35H,8,11-14,16-17H2,2-6H3,(H,31,34). The zero-order valence-electron chi connectivity index (χ0n) is 21.8. The third kappa shape index (κ3) is 6.64. The second kappa shape index (κ2) is 11.0. The van der Waals surface area contributed by atoms with Crippen LogP contribution in [0.2, 0.25) is 0 Å². The molecular formula is C28H37F2N3O3. The van der Waals surface area contributed by atoms with Crippen LogP contribution in [0.25, 0.3) is 5.69 Å². The first-order valence-corrected chi connectivity index (χ1v) is 12.5. The smallest absolute Gasteiger partial charge is 0.387 e. The number of hydrogen-bond acceptors (Lipinski definition) is 4. The van der Waals surface area contributed by atoms with Crippen molar-refractivity contribution in [3.05, 3.63) is 41.0 Å². The first-order valence-electron chi connectivity index (χ1n) is 12.5. The molecule has 2 aromatic rings. The number of rotatable bonds is 8. The Bertz CT molecular complexity index is 1120. The Morgan fingerprint density at radius 2 is 2.03 bits per heavy atom. The van der Waals surface area contributed by atoms with Crippen molar-refractivity contribution in [1.29, 1.82) is 0 Å². The summed E-state index contributed by atoms with van der Waals surface area (Å²) in [5, 5.41) is 13.6. The summed E-state index contributed by atoms with van der Waals surface area (Å²) in [4.78, 5) is 17.6. The molecule has 0 radical (unpaired) electrons. The molecule has 1 amide bonds. The van der Waals surface area contributed by atoms with Crippen molar-refractivity contribution in [1.82, 2.24) is 14.9 Å². The van der Waals surface area contributed by atoms with Crippen molar-refractivity contribution in [3.8, 4) is 23.8 Å². The monoisotopic (exact) mass is 501 g/mol. The average Bonchev–Trinajstić information content (AvgIpc) is 3.17. The summed E-state index contributed by atoms with van der Waals surface area (Å²) in [6, 6.07) is 5.11. The van der Waals surface area contributed by atoms with Crippen LogP contribution in [0.1, 0.15) is 87.9 Å². The highest BCUT2D eigenvalue weighted by Gasteiger charge is 2.33. The number of terminal acetylenes is 1. The quantitative estimate of drug-likeness (QED) is 0.483. The number of alkyl halides is 2. The van der Waals surface area contributed by atoms with Gasteiger partial charge in [-0.05, 0) is 67.1 Å². The second-order valence-corrected chi connectivity index (χ2v) is 11.1. The van der Waals surface area contributed by atoms with Crippen LogP contribution in [-0.2, 0) is 12.8 Å². The number of hydrogen-bond donors (Lipinski definition) is 2. The third-order valence-electron chi connectivity index (χ3n) is 6.61. The van der Waals surface area contributed by atoms with Gasteiger partial charge in [0.15, 0.2) is 5.69 Å². The number of halogens is 2. The van der Waals surface area contributed by atoms with Crippen molar-refractivity contribution in [2.24, 2.45) is 11.3 Å². The summed E-state index contributed by atoms with van der Waals surface area (Å²) >= 11 is 0. The Balaban J connectivity index is 1.97. The number of carbonyl (C=O) groups is 1. The predicted molar refractivity (Wildman–Crippen MR) is 136 cm³/mol. The first-order chi connectivity index (χ1) is 16.9. The number of ether oxygens (including phenoxy) is 1. The maximum absolute atomic E-state index is 13.3. The van der Waals surface area contributed by atoms with Crippen LogP contribution in [-0.4, -0.2) is 39.3 Å². The maximum Gasteiger partial charge on any atom is 0.387 e. The number of carbonyl (C=O) groups excluding carboxylic acids is 1. The third-order valence-corrected chi connectivity index (χ3v) is 6.61. The molecule has 8 heteroatoms. The fourth-order valence-corrected chi connectivity index (χ4v) is 4.72. The molecule has 1 aromatic heterocycles. The molecule has 3 rings (SSSR count). The molecule has 1 aromatic carbocycles. The van der Waals surface area contributed by atoms with Crippen molar-refractivity contribution in [2.45, 2.75) is 85.4 Å². The lowest BCUT2D eigenvalue weighted by molar-refractivity contribution is -0.0499. The molecule has 0 unspecified atom stereocenters. The second-order valence-electron chi connectivity index (χ2n) is 11.1. The molecular weight excluding hydrogens is 464 g/mol. The lowest BCUT2D eigenvalue weighted by Crippen LogP contribution is -2.45. The van der Waals surface area contributed by atoms with E-state index >= 15 is 0 Å². The van der Waals surface area contributed by atoms with E-state index in [-0.39, 0.29) is 29.1 Å². The molecule has 0 saturated heterocycles. The zero-order chi connectivity index (χ0) is 26.7. The number of nitrogens with one attached hydrogen (secondary N) is 1. The molecule has 0 aliphatic heterocycles. The zero-order valence-corrected chi connectivity index (χ0v) is 21.8. The molecule has 36 heavy (non-hydrogen) atoms. The molecule has 0 spiro atoms. The van der Waals surface area contributed by atoms with Crippen molar-refractivity contribution >= 4 is 5.91 Å². The van der Waals surface area contributed by atoms with Gasteiger partial charge in [-0.15, -0.1) is 6.42 Å². The fourth-order valence-electron chi connectivity index (χ4n) is 4.72. The molecule has 0 atom stereocenters. The Kier molecular flexibility index (Phi) is 8.45. The normalized spacial score (nSPS) is 20.3. The van der Waals surface area contributed by atoms with E-state index in [0.717, 1.165) is 18.4 Å². The van der Waals surface area contributed by atoms with E-state index in [9.17, 15) is 18.7 Å². The molecule has 1 aliphatic rings. The molecule has 1 aliphatic carbocycles. The summed E-state index contributed by atoms with van der Waals surface area (Å²) in [7, 11) is 0. The summed E-state index contributed by atoms with van der Waals surface area (Å²) in [5.41, 5.74) is 0.290. The van der Waals surface area contributed by atoms with Gasteiger partial charge in [0.1, 0.15) is 17.3 Å². The van der Waals surface area contributed by atoms with E-state index in [1.807, 2.05) is 13.0 Å². The van der Waals surface area contributed by atoms with Gasteiger partial charge in [-0.1, -0.05) is 40.7 Å². The minimum Gasteiger partial charge on any atom is -0.433 e. The van der Waals surface area contributed by atoms with Crippen LogP contribution in [0.4, 0.5) is 8.78 Å². The van der Waals surface area contributed by atoms with E-state index in [0.29, 0.717) is 43.1 Å². The summed E-state index contributed by atoms with van der Waals surface area (Å²) in [5.74, 6) is 2.97. The van der Waals surface area contributed by atoms with Gasteiger partial charge in [0.25, 0.3) is 5.91 Å². The Labute approximate surface area is 212 Å². The number of amides is 1. The van der Waals surface area contributed by atoms with Crippen molar-refractivity contribution in [2.75, 3.05) is 6.54 Å². The minimum absolute atomic E-state index is 0.0175. The maximum atomic E-state index is 13.3. The molecule has 6 nitrogen and oxygen atoms in total. The predicted octanol–water partition coefficient (Wildman–Crippen LogP) is 5.28. The van der Waals surface area contributed by atoms with E-state index in [2.05, 4.69) is 43.9 Å². The number of nitrogens with zero attached hydrogens (tertiary/aromatic N) is 2. The van der Waals surface area contributed by atoms with Crippen LogP contribution >= 0.6 is 0 Å². The number of aliphatic hydroxyl groups is 1. The summed E-state index contributed by atoms with van der Waals surface area (Å²) in [6.07, 6.45) is 9.89. The summed E-state index contributed by atoms with van der Waals surface area (Å²) in [6.45, 7) is 7.24. The Morgan fingerprint density at radius 3 is 2.58 bits per heavy atom. The van der Waals surface area contributed by atoms with Crippen LogP contribution < -0.4 is 10.1 Å². The van der Waals surface area contributed by atoms with Gasteiger partial charge >= 0.3 is 6.61 Å². The lowest BCUT2D eigenvalue weighted by Gasteiger charge is -2.34. The molecule has 196 valence electrons. The molecule has 1 heterocycles. The average molecular weight is 502 g/mol. The number of aromatic nitrogens is 2. The lowest BCUT2D eigenvalue weighted by atomic mass is 9.79. The molecule has 1 saturated carbocycles. The first kappa shape index (κ1) is 27.7. The van der Waals surface area contributed by atoms with Crippen molar-refractivity contribution < 1.29 is 23.4 Å². The van der Waals surface area contributed by atoms with Gasteiger partial charge in [0.2, 0.25) is 0 Å². The summed E-state index contributed by atoms with van der Waals surface area (Å²) < 4.78 is 33.1.